The van der Waals surface area contributed by atoms with Gasteiger partial charge in [0, 0.05) is 5.39 Å². The first-order chi connectivity index (χ1) is 7.27. The molecule has 0 aliphatic carbocycles. The average molecular weight is 207 g/mol. The highest BCUT2D eigenvalue weighted by Gasteiger charge is 2.01. The van der Waals surface area contributed by atoms with E-state index in [0.29, 0.717) is 0 Å². The van der Waals surface area contributed by atoms with Crippen molar-refractivity contribution in [2.45, 2.75) is 41.5 Å². The van der Waals surface area contributed by atoms with Crippen molar-refractivity contribution in [3.05, 3.63) is 29.5 Å². The van der Waals surface area contributed by atoms with Crippen LogP contribution in [0.5, 0.6) is 0 Å². The van der Waals surface area contributed by atoms with Crippen LogP contribution in [0.4, 0.5) is 0 Å². The lowest BCUT2D eigenvalue weighted by atomic mass is 10.2. The topological polar surface area (TPSA) is 26.0 Å². The van der Waals surface area contributed by atoms with E-state index in [0.717, 1.165) is 16.7 Å². The quantitative estimate of drug-likeness (QED) is 0.635. The summed E-state index contributed by atoms with van der Waals surface area (Å²) in [6.07, 6.45) is 0. The zero-order valence-electron chi connectivity index (χ0n) is 10.6. The molecule has 84 valence electrons. The van der Waals surface area contributed by atoms with Crippen LogP contribution >= 0.6 is 0 Å². The van der Waals surface area contributed by atoms with Crippen LogP contribution in [0.1, 0.15) is 39.0 Å². The largest absolute Gasteiger partial charge is 0.356 e. The van der Waals surface area contributed by atoms with Crippen LogP contribution in [0.3, 0.4) is 0 Å². The van der Waals surface area contributed by atoms with Crippen LogP contribution in [0.25, 0.3) is 11.0 Å². The van der Waals surface area contributed by atoms with Gasteiger partial charge in [0.25, 0.3) is 0 Å². The van der Waals surface area contributed by atoms with E-state index in [1.165, 1.54) is 5.56 Å². The van der Waals surface area contributed by atoms with E-state index in [1.807, 2.05) is 53.7 Å². The number of benzene rings is 1. The first kappa shape index (κ1) is 13.7. The van der Waals surface area contributed by atoms with E-state index in [-0.39, 0.29) is 0 Å². The molecule has 0 saturated heterocycles. The normalized spacial score (nSPS) is 8.67. The fraction of sp³-hybridized carbons (Fsp3) is 0.462. The molecule has 2 heteroatoms. The smallest absolute Gasteiger partial charge is 0.167 e. The molecule has 0 radical (unpaired) electrons. The molecule has 1 aromatic heterocycles. The summed E-state index contributed by atoms with van der Waals surface area (Å²) in [7, 11) is 0. The zero-order chi connectivity index (χ0) is 11.8. The predicted octanol–water partition coefficient (Wildman–Crippen LogP) is 4.50. The lowest BCUT2D eigenvalue weighted by Crippen LogP contribution is -1.71. The molecule has 0 saturated carbocycles. The standard InChI is InChI=1S/C9H9NO.2C2H6/c1-6-3-4-8-7(2)10-11-9(8)5-6;2*1-2/h3-5H,1-2H3;2*1-2H3. The highest BCUT2D eigenvalue weighted by Crippen LogP contribution is 2.18. The van der Waals surface area contributed by atoms with Crippen molar-refractivity contribution in [1.29, 1.82) is 0 Å². The Morgan fingerprint density at radius 2 is 1.60 bits per heavy atom. The highest BCUT2D eigenvalue weighted by molar-refractivity contribution is 5.79. The van der Waals surface area contributed by atoms with Crippen LogP contribution in [0.2, 0.25) is 0 Å². The van der Waals surface area contributed by atoms with Gasteiger partial charge in [-0.05, 0) is 31.5 Å². The molecule has 0 fully saturated rings. The number of aryl methyl sites for hydroxylation is 2. The van der Waals surface area contributed by atoms with Gasteiger partial charge in [0.1, 0.15) is 0 Å². The Labute approximate surface area is 92.3 Å². The summed E-state index contributed by atoms with van der Waals surface area (Å²) >= 11 is 0. The maximum absolute atomic E-state index is 5.08. The first-order valence-electron chi connectivity index (χ1n) is 5.60. The highest BCUT2D eigenvalue weighted by atomic mass is 16.5. The molecular formula is C13H21NO. The molecular weight excluding hydrogens is 186 g/mol. The lowest BCUT2D eigenvalue weighted by molar-refractivity contribution is 0.450. The van der Waals surface area contributed by atoms with Gasteiger partial charge in [-0.15, -0.1) is 0 Å². The van der Waals surface area contributed by atoms with Gasteiger partial charge in [0.15, 0.2) is 5.58 Å². The summed E-state index contributed by atoms with van der Waals surface area (Å²) < 4.78 is 5.08. The van der Waals surface area contributed by atoms with E-state index in [4.69, 9.17) is 4.52 Å². The molecule has 0 atom stereocenters. The van der Waals surface area contributed by atoms with E-state index in [9.17, 15) is 0 Å². The Kier molecular flexibility index (Phi) is 6.43. The third-order valence-corrected chi connectivity index (χ3v) is 1.81. The molecule has 2 aromatic rings. The number of rotatable bonds is 0. The first-order valence-corrected chi connectivity index (χ1v) is 5.60. The number of aromatic nitrogens is 1. The summed E-state index contributed by atoms with van der Waals surface area (Å²) in [6.45, 7) is 12.0. The Bertz CT molecular complexity index is 390. The summed E-state index contributed by atoms with van der Waals surface area (Å²) in [5.41, 5.74) is 3.04. The van der Waals surface area contributed by atoms with Crippen molar-refractivity contribution in [2.24, 2.45) is 0 Å². The van der Waals surface area contributed by atoms with Gasteiger partial charge in [0.05, 0.1) is 5.69 Å². The number of fused-ring (bicyclic) bond motifs is 1. The predicted molar refractivity (Wildman–Crippen MR) is 66.2 cm³/mol. The summed E-state index contributed by atoms with van der Waals surface area (Å²) in [6, 6.07) is 6.10. The maximum Gasteiger partial charge on any atom is 0.167 e. The monoisotopic (exact) mass is 207 g/mol. The fourth-order valence-corrected chi connectivity index (χ4v) is 1.17. The third kappa shape index (κ3) is 3.39. The Hall–Kier alpha value is -1.31. The van der Waals surface area contributed by atoms with Gasteiger partial charge in [-0.25, -0.2) is 0 Å². The molecule has 2 rings (SSSR count). The van der Waals surface area contributed by atoms with Gasteiger partial charge in [-0.1, -0.05) is 38.9 Å². The van der Waals surface area contributed by atoms with Gasteiger partial charge in [0.2, 0.25) is 0 Å². The SMILES string of the molecule is CC.CC.Cc1ccc2c(C)noc2c1. The molecule has 15 heavy (non-hydrogen) atoms. The summed E-state index contributed by atoms with van der Waals surface area (Å²) in [4.78, 5) is 0. The Balaban J connectivity index is 0.000000442. The zero-order valence-corrected chi connectivity index (χ0v) is 10.6. The van der Waals surface area contributed by atoms with Crippen molar-refractivity contribution in [2.75, 3.05) is 0 Å². The molecule has 0 amide bonds. The van der Waals surface area contributed by atoms with Crippen molar-refractivity contribution in [3.8, 4) is 0 Å². The maximum atomic E-state index is 5.08. The van der Waals surface area contributed by atoms with E-state index in [1.54, 1.807) is 0 Å². The van der Waals surface area contributed by atoms with Gasteiger partial charge < -0.3 is 4.52 Å². The molecule has 0 bridgehead atoms. The van der Waals surface area contributed by atoms with Crippen LogP contribution in [0.15, 0.2) is 22.7 Å². The van der Waals surface area contributed by atoms with E-state index in [2.05, 4.69) is 11.2 Å². The van der Waals surface area contributed by atoms with Crippen LogP contribution < -0.4 is 0 Å². The van der Waals surface area contributed by atoms with Gasteiger partial charge >= 0.3 is 0 Å². The molecule has 0 aliphatic heterocycles. The van der Waals surface area contributed by atoms with Crippen LogP contribution in [0, 0.1) is 13.8 Å². The minimum absolute atomic E-state index is 0.877. The van der Waals surface area contributed by atoms with Crippen molar-refractivity contribution >= 4 is 11.0 Å². The van der Waals surface area contributed by atoms with Gasteiger partial charge in [-0.3, -0.25) is 0 Å². The number of hydrogen-bond donors (Lipinski definition) is 0. The number of nitrogens with zero attached hydrogens (tertiary/aromatic N) is 1. The van der Waals surface area contributed by atoms with E-state index >= 15 is 0 Å². The second-order valence-electron chi connectivity index (χ2n) is 2.77. The average Bonchev–Trinajstić information content (AvgIpc) is 2.65. The van der Waals surface area contributed by atoms with Crippen molar-refractivity contribution < 1.29 is 4.52 Å². The minimum atomic E-state index is 0.877. The molecule has 0 N–H and O–H groups in total. The van der Waals surface area contributed by atoms with Crippen LogP contribution in [-0.4, -0.2) is 5.16 Å². The lowest BCUT2D eigenvalue weighted by Gasteiger charge is -1.89. The molecule has 0 spiro atoms. The third-order valence-electron chi connectivity index (χ3n) is 1.81. The molecule has 0 unspecified atom stereocenters. The number of hydrogen-bond acceptors (Lipinski definition) is 2. The molecule has 0 aliphatic rings. The van der Waals surface area contributed by atoms with Crippen LogP contribution in [-0.2, 0) is 0 Å². The van der Waals surface area contributed by atoms with Gasteiger partial charge in [-0.2, -0.15) is 0 Å². The molecule has 1 aromatic carbocycles. The summed E-state index contributed by atoms with van der Waals surface area (Å²) in [5, 5.41) is 4.97. The second kappa shape index (κ2) is 7.04. The van der Waals surface area contributed by atoms with E-state index < -0.39 is 0 Å². The Morgan fingerprint density at radius 1 is 1.00 bits per heavy atom. The summed E-state index contributed by atoms with van der Waals surface area (Å²) in [5.74, 6) is 0. The Morgan fingerprint density at radius 3 is 2.20 bits per heavy atom. The molecule has 2 nitrogen and oxygen atoms in total. The van der Waals surface area contributed by atoms with Crippen molar-refractivity contribution in [3.63, 3.8) is 0 Å². The second-order valence-corrected chi connectivity index (χ2v) is 2.77. The minimum Gasteiger partial charge on any atom is -0.356 e. The van der Waals surface area contributed by atoms with Crippen molar-refractivity contribution in [1.82, 2.24) is 5.16 Å². The molecule has 1 heterocycles. The fourth-order valence-electron chi connectivity index (χ4n) is 1.17.